The molecule has 1 saturated carbocycles. The van der Waals surface area contributed by atoms with Gasteiger partial charge in [-0.2, -0.15) is 0 Å². The average Bonchev–Trinajstić information content (AvgIpc) is 2.72. The van der Waals surface area contributed by atoms with Crippen molar-refractivity contribution in [3.8, 4) is 0 Å². The van der Waals surface area contributed by atoms with Crippen LogP contribution >= 0.6 is 0 Å². The zero-order valence-electron chi connectivity index (χ0n) is 12.4. The van der Waals surface area contributed by atoms with Crippen molar-refractivity contribution in [1.29, 1.82) is 0 Å². The summed E-state index contributed by atoms with van der Waals surface area (Å²) in [5.74, 6) is -0.125. The third kappa shape index (κ3) is 2.31. The molecule has 1 aromatic rings. The summed E-state index contributed by atoms with van der Waals surface area (Å²) in [4.78, 5) is 15.9. The van der Waals surface area contributed by atoms with E-state index in [9.17, 15) is 4.79 Å². The Bertz CT molecular complexity index is 480. The summed E-state index contributed by atoms with van der Waals surface area (Å²) in [5, 5.41) is 6.28. The molecule has 19 heavy (non-hydrogen) atoms. The molecule has 1 amide bonds. The Kier molecular flexibility index (Phi) is 3.29. The van der Waals surface area contributed by atoms with Gasteiger partial charge in [-0.15, -0.1) is 0 Å². The van der Waals surface area contributed by atoms with Crippen LogP contribution in [0.1, 0.15) is 45.1 Å². The summed E-state index contributed by atoms with van der Waals surface area (Å²) < 4.78 is 0. The van der Waals surface area contributed by atoms with E-state index in [-0.39, 0.29) is 16.7 Å². The monoisotopic (exact) mass is 261 g/mol. The molecule has 2 N–H and O–H groups in total. The standard InChI is InChI=1S/C15H23N3O/c1-6-16-12(19)11-9-10(7-8-17-11)18-13-14(2,3)15(13,4)5/h7-9,13H,6H2,1-5H3,(H,16,19)(H,17,18). The van der Waals surface area contributed by atoms with Crippen molar-refractivity contribution in [2.75, 3.05) is 11.9 Å². The maximum absolute atomic E-state index is 11.8. The van der Waals surface area contributed by atoms with Crippen LogP contribution in [0.2, 0.25) is 0 Å². The molecule has 1 aliphatic carbocycles. The Balaban J connectivity index is 2.11. The van der Waals surface area contributed by atoms with Crippen molar-refractivity contribution >= 4 is 11.6 Å². The summed E-state index contributed by atoms with van der Waals surface area (Å²) in [6.45, 7) is 11.6. The van der Waals surface area contributed by atoms with E-state index in [1.807, 2.05) is 19.1 Å². The highest BCUT2D eigenvalue weighted by Crippen LogP contribution is 2.63. The Morgan fingerprint density at radius 1 is 1.32 bits per heavy atom. The van der Waals surface area contributed by atoms with Crippen molar-refractivity contribution in [1.82, 2.24) is 10.3 Å². The molecule has 2 rings (SSSR count). The van der Waals surface area contributed by atoms with Crippen molar-refractivity contribution in [2.45, 2.75) is 40.7 Å². The number of carbonyl (C=O) groups is 1. The second-order valence-corrected chi connectivity index (χ2v) is 6.31. The molecule has 0 radical (unpaired) electrons. The van der Waals surface area contributed by atoms with Crippen LogP contribution in [0.4, 0.5) is 5.69 Å². The smallest absolute Gasteiger partial charge is 0.269 e. The second-order valence-electron chi connectivity index (χ2n) is 6.31. The topological polar surface area (TPSA) is 54.0 Å². The minimum absolute atomic E-state index is 0.125. The lowest BCUT2D eigenvalue weighted by Crippen LogP contribution is -2.23. The van der Waals surface area contributed by atoms with Crippen molar-refractivity contribution in [2.24, 2.45) is 10.8 Å². The van der Waals surface area contributed by atoms with Crippen LogP contribution in [0.25, 0.3) is 0 Å². The number of rotatable bonds is 4. The highest BCUT2D eigenvalue weighted by atomic mass is 16.1. The van der Waals surface area contributed by atoms with Gasteiger partial charge in [0.2, 0.25) is 0 Å². The summed E-state index contributed by atoms with van der Waals surface area (Å²) in [7, 11) is 0. The van der Waals surface area contributed by atoms with Crippen LogP contribution in [-0.2, 0) is 0 Å². The molecule has 0 spiro atoms. The largest absolute Gasteiger partial charge is 0.381 e. The van der Waals surface area contributed by atoms with Gasteiger partial charge in [-0.1, -0.05) is 27.7 Å². The lowest BCUT2D eigenvalue weighted by molar-refractivity contribution is 0.0951. The van der Waals surface area contributed by atoms with Crippen LogP contribution in [0.3, 0.4) is 0 Å². The van der Waals surface area contributed by atoms with Gasteiger partial charge in [0.1, 0.15) is 5.69 Å². The van der Waals surface area contributed by atoms with Gasteiger partial charge in [0.25, 0.3) is 5.91 Å². The normalized spacial score (nSPS) is 19.8. The molecule has 1 heterocycles. The minimum Gasteiger partial charge on any atom is -0.381 e. The molecule has 0 aromatic carbocycles. The van der Waals surface area contributed by atoms with Gasteiger partial charge in [-0.25, -0.2) is 0 Å². The van der Waals surface area contributed by atoms with Crippen LogP contribution in [0, 0.1) is 10.8 Å². The number of nitrogens with zero attached hydrogens (tertiary/aromatic N) is 1. The van der Waals surface area contributed by atoms with Gasteiger partial charge in [0.15, 0.2) is 0 Å². The van der Waals surface area contributed by atoms with E-state index in [4.69, 9.17) is 0 Å². The predicted molar refractivity (Wildman–Crippen MR) is 77.2 cm³/mol. The number of hydrogen-bond donors (Lipinski definition) is 2. The van der Waals surface area contributed by atoms with Crippen LogP contribution in [-0.4, -0.2) is 23.5 Å². The van der Waals surface area contributed by atoms with Crippen LogP contribution < -0.4 is 10.6 Å². The molecule has 1 fully saturated rings. The second kappa shape index (κ2) is 4.51. The summed E-state index contributed by atoms with van der Waals surface area (Å²) >= 11 is 0. The Labute approximate surface area is 115 Å². The number of carbonyl (C=O) groups excluding carboxylic acids is 1. The van der Waals surface area contributed by atoms with Gasteiger partial charge in [-0.3, -0.25) is 9.78 Å². The van der Waals surface area contributed by atoms with Crippen molar-refractivity contribution in [3.05, 3.63) is 24.0 Å². The molecule has 1 aromatic heterocycles. The fraction of sp³-hybridized carbons (Fsp3) is 0.600. The van der Waals surface area contributed by atoms with Gasteiger partial charge in [0.05, 0.1) is 0 Å². The van der Waals surface area contributed by atoms with Crippen molar-refractivity contribution < 1.29 is 4.79 Å². The molecular formula is C15H23N3O. The Morgan fingerprint density at radius 2 is 1.95 bits per heavy atom. The summed E-state index contributed by atoms with van der Waals surface area (Å²) in [6, 6.07) is 4.15. The third-order valence-electron chi connectivity index (χ3n) is 4.66. The summed E-state index contributed by atoms with van der Waals surface area (Å²) in [6.07, 6.45) is 1.68. The molecule has 104 valence electrons. The van der Waals surface area contributed by atoms with Gasteiger partial charge >= 0.3 is 0 Å². The lowest BCUT2D eigenvalue weighted by Gasteiger charge is -2.09. The van der Waals surface area contributed by atoms with E-state index in [0.717, 1.165) is 5.69 Å². The molecule has 4 heteroatoms. The van der Waals surface area contributed by atoms with E-state index in [0.29, 0.717) is 18.3 Å². The zero-order chi connectivity index (χ0) is 14.3. The first kappa shape index (κ1) is 13.8. The van der Waals surface area contributed by atoms with E-state index in [2.05, 4.69) is 43.3 Å². The van der Waals surface area contributed by atoms with E-state index < -0.39 is 0 Å². The summed E-state index contributed by atoms with van der Waals surface area (Å²) in [5.41, 5.74) is 1.95. The number of aromatic nitrogens is 1. The Morgan fingerprint density at radius 3 is 2.47 bits per heavy atom. The first-order chi connectivity index (χ1) is 8.80. The molecule has 0 unspecified atom stereocenters. The van der Waals surface area contributed by atoms with Crippen LogP contribution in [0.5, 0.6) is 0 Å². The molecule has 0 bridgehead atoms. The molecular weight excluding hydrogens is 238 g/mol. The van der Waals surface area contributed by atoms with Gasteiger partial charge < -0.3 is 10.6 Å². The number of pyridine rings is 1. The minimum atomic E-state index is -0.125. The third-order valence-corrected chi connectivity index (χ3v) is 4.66. The molecule has 1 aliphatic rings. The van der Waals surface area contributed by atoms with E-state index >= 15 is 0 Å². The zero-order valence-corrected chi connectivity index (χ0v) is 12.4. The SMILES string of the molecule is CCNC(=O)c1cc(NC2C(C)(C)C2(C)C)ccn1. The fourth-order valence-electron chi connectivity index (χ4n) is 2.62. The fourth-order valence-corrected chi connectivity index (χ4v) is 2.62. The molecule has 0 atom stereocenters. The average molecular weight is 261 g/mol. The molecule has 4 nitrogen and oxygen atoms in total. The predicted octanol–water partition coefficient (Wildman–Crippen LogP) is 2.68. The number of hydrogen-bond acceptors (Lipinski definition) is 3. The Hall–Kier alpha value is -1.58. The lowest BCUT2D eigenvalue weighted by atomic mass is 10.0. The maximum atomic E-state index is 11.8. The first-order valence-corrected chi connectivity index (χ1v) is 6.81. The first-order valence-electron chi connectivity index (χ1n) is 6.81. The maximum Gasteiger partial charge on any atom is 0.269 e. The number of amides is 1. The number of anilines is 1. The quantitative estimate of drug-likeness (QED) is 0.876. The molecule has 0 aliphatic heterocycles. The van der Waals surface area contributed by atoms with E-state index in [1.54, 1.807) is 6.20 Å². The highest BCUT2D eigenvalue weighted by molar-refractivity contribution is 5.93. The van der Waals surface area contributed by atoms with Gasteiger partial charge in [-0.05, 0) is 29.9 Å². The number of nitrogens with one attached hydrogen (secondary N) is 2. The van der Waals surface area contributed by atoms with Crippen LogP contribution in [0.15, 0.2) is 18.3 Å². The highest BCUT2D eigenvalue weighted by Gasteiger charge is 2.64. The van der Waals surface area contributed by atoms with Gasteiger partial charge in [0, 0.05) is 24.5 Å². The molecule has 0 saturated heterocycles. The van der Waals surface area contributed by atoms with Crippen molar-refractivity contribution in [3.63, 3.8) is 0 Å². The van der Waals surface area contributed by atoms with E-state index in [1.165, 1.54) is 0 Å².